The van der Waals surface area contributed by atoms with E-state index in [1.165, 1.54) is 11.1 Å². The van der Waals surface area contributed by atoms with Crippen molar-refractivity contribution in [2.75, 3.05) is 0 Å². The molecule has 0 saturated carbocycles. The highest BCUT2D eigenvalue weighted by molar-refractivity contribution is 6.30. The van der Waals surface area contributed by atoms with E-state index >= 15 is 0 Å². The highest BCUT2D eigenvalue weighted by Crippen LogP contribution is 2.25. The molecule has 0 aliphatic heterocycles. The largest absolute Gasteiger partial charge is 0.384 e. The van der Waals surface area contributed by atoms with E-state index in [2.05, 4.69) is 6.92 Å². The Hall–Kier alpha value is -1.31. The number of aliphatic hydroxyl groups is 1. The molecule has 2 aromatic carbocycles. The number of benzene rings is 2. The highest BCUT2D eigenvalue weighted by Gasteiger charge is 2.11. The van der Waals surface area contributed by atoms with E-state index in [-0.39, 0.29) is 0 Å². The van der Waals surface area contributed by atoms with Crippen LogP contribution in [0.1, 0.15) is 28.4 Å². The van der Waals surface area contributed by atoms with Crippen LogP contribution in [0.25, 0.3) is 0 Å². The summed E-state index contributed by atoms with van der Waals surface area (Å²) in [5.41, 5.74) is 4.13. The van der Waals surface area contributed by atoms with Gasteiger partial charge in [-0.05, 0) is 48.2 Å². The van der Waals surface area contributed by atoms with E-state index in [9.17, 15) is 5.11 Å². The molecule has 0 amide bonds. The second-order valence-electron chi connectivity index (χ2n) is 4.30. The molecular weight excluding hydrogens is 232 g/mol. The second-order valence-corrected chi connectivity index (χ2v) is 4.74. The van der Waals surface area contributed by atoms with Gasteiger partial charge in [-0.1, -0.05) is 41.9 Å². The van der Waals surface area contributed by atoms with Gasteiger partial charge < -0.3 is 5.11 Å². The Morgan fingerprint density at radius 1 is 0.941 bits per heavy atom. The fraction of sp³-hybridized carbons (Fsp3) is 0.200. The predicted molar refractivity (Wildman–Crippen MR) is 71.4 cm³/mol. The quantitative estimate of drug-likeness (QED) is 0.848. The predicted octanol–water partition coefficient (Wildman–Crippen LogP) is 4.04. The Morgan fingerprint density at radius 3 is 2.29 bits per heavy atom. The summed E-state index contributed by atoms with van der Waals surface area (Å²) >= 11 is 5.92. The Kier molecular flexibility index (Phi) is 3.51. The molecule has 0 fully saturated rings. The molecule has 1 N–H and O–H groups in total. The van der Waals surface area contributed by atoms with Crippen LogP contribution < -0.4 is 0 Å². The van der Waals surface area contributed by atoms with Crippen LogP contribution in [-0.2, 0) is 0 Å². The summed E-state index contributed by atoms with van der Waals surface area (Å²) in [5, 5.41) is 10.9. The van der Waals surface area contributed by atoms with Gasteiger partial charge in [-0.3, -0.25) is 0 Å². The molecule has 0 heterocycles. The lowest BCUT2D eigenvalue weighted by Crippen LogP contribution is -2.00. The zero-order valence-corrected chi connectivity index (χ0v) is 10.7. The molecule has 0 aliphatic rings. The van der Waals surface area contributed by atoms with Crippen LogP contribution in [-0.4, -0.2) is 5.11 Å². The van der Waals surface area contributed by atoms with Gasteiger partial charge >= 0.3 is 0 Å². The standard InChI is InChI=1S/C15H15ClO/c1-10-6-7-13(8-11(10)2)15(17)12-4-3-5-14(16)9-12/h3-9,15,17H,1-2H3/t15-/m1/s1. The number of aliphatic hydroxyl groups excluding tert-OH is 1. The zero-order valence-electron chi connectivity index (χ0n) is 9.94. The summed E-state index contributed by atoms with van der Waals surface area (Å²) in [5.74, 6) is 0. The Labute approximate surface area is 107 Å². The van der Waals surface area contributed by atoms with Gasteiger partial charge in [0.1, 0.15) is 6.10 Å². The van der Waals surface area contributed by atoms with Gasteiger partial charge in [-0.2, -0.15) is 0 Å². The lowest BCUT2D eigenvalue weighted by atomic mass is 9.98. The first-order chi connectivity index (χ1) is 8.08. The molecule has 0 aliphatic carbocycles. The van der Waals surface area contributed by atoms with Crippen LogP contribution in [0.15, 0.2) is 42.5 Å². The summed E-state index contributed by atoms with van der Waals surface area (Å²) in [6, 6.07) is 13.3. The van der Waals surface area contributed by atoms with Crippen molar-refractivity contribution in [3.05, 3.63) is 69.7 Å². The highest BCUT2D eigenvalue weighted by atomic mass is 35.5. The Balaban J connectivity index is 2.36. The first kappa shape index (κ1) is 12.2. The maximum Gasteiger partial charge on any atom is 0.104 e. The van der Waals surface area contributed by atoms with Gasteiger partial charge in [-0.25, -0.2) is 0 Å². The molecule has 0 bridgehead atoms. The zero-order chi connectivity index (χ0) is 12.4. The van der Waals surface area contributed by atoms with Gasteiger partial charge in [0.15, 0.2) is 0 Å². The smallest absolute Gasteiger partial charge is 0.104 e. The van der Waals surface area contributed by atoms with Crippen LogP contribution in [0.5, 0.6) is 0 Å². The summed E-state index contributed by atoms with van der Waals surface area (Å²) in [7, 11) is 0. The van der Waals surface area contributed by atoms with Crippen molar-refractivity contribution in [1.82, 2.24) is 0 Å². The van der Waals surface area contributed by atoms with Crippen molar-refractivity contribution in [1.29, 1.82) is 0 Å². The SMILES string of the molecule is Cc1ccc([C@H](O)c2cccc(Cl)c2)cc1C. The molecule has 0 radical (unpaired) electrons. The molecular formula is C15H15ClO. The van der Waals surface area contributed by atoms with Gasteiger partial charge in [-0.15, -0.1) is 0 Å². The Bertz CT molecular complexity index is 534. The monoisotopic (exact) mass is 246 g/mol. The molecule has 2 heteroatoms. The minimum absolute atomic E-state index is 0.618. The van der Waals surface area contributed by atoms with E-state index in [4.69, 9.17) is 11.6 Å². The summed E-state index contributed by atoms with van der Waals surface area (Å²) in [6.07, 6.45) is -0.618. The van der Waals surface area contributed by atoms with E-state index in [0.29, 0.717) is 5.02 Å². The minimum atomic E-state index is -0.618. The van der Waals surface area contributed by atoms with Crippen molar-refractivity contribution in [3.63, 3.8) is 0 Å². The molecule has 17 heavy (non-hydrogen) atoms. The van der Waals surface area contributed by atoms with Gasteiger partial charge in [0.25, 0.3) is 0 Å². The van der Waals surface area contributed by atoms with E-state index in [1.807, 2.05) is 37.3 Å². The molecule has 1 nitrogen and oxygen atoms in total. The second kappa shape index (κ2) is 4.91. The molecule has 0 spiro atoms. The fourth-order valence-electron chi connectivity index (χ4n) is 1.80. The third-order valence-corrected chi connectivity index (χ3v) is 3.25. The maximum absolute atomic E-state index is 10.3. The van der Waals surface area contributed by atoms with E-state index < -0.39 is 6.10 Å². The molecule has 88 valence electrons. The first-order valence-corrected chi connectivity index (χ1v) is 5.96. The van der Waals surface area contributed by atoms with Gasteiger partial charge in [0.2, 0.25) is 0 Å². The fourth-order valence-corrected chi connectivity index (χ4v) is 2.00. The average Bonchev–Trinajstić information content (AvgIpc) is 2.32. The van der Waals surface area contributed by atoms with Crippen LogP contribution in [0, 0.1) is 13.8 Å². The topological polar surface area (TPSA) is 20.2 Å². The normalized spacial score (nSPS) is 12.5. The summed E-state index contributed by atoms with van der Waals surface area (Å²) < 4.78 is 0. The minimum Gasteiger partial charge on any atom is -0.384 e. The molecule has 0 unspecified atom stereocenters. The van der Waals surface area contributed by atoms with Crippen LogP contribution in [0.3, 0.4) is 0 Å². The van der Waals surface area contributed by atoms with Crippen LogP contribution in [0.4, 0.5) is 0 Å². The lowest BCUT2D eigenvalue weighted by molar-refractivity contribution is 0.220. The first-order valence-electron chi connectivity index (χ1n) is 5.58. The number of aryl methyl sites for hydroxylation is 2. The van der Waals surface area contributed by atoms with Gasteiger partial charge in [0.05, 0.1) is 0 Å². The van der Waals surface area contributed by atoms with Crippen molar-refractivity contribution in [3.8, 4) is 0 Å². The van der Waals surface area contributed by atoms with Crippen molar-refractivity contribution in [2.45, 2.75) is 20.0 Å². The molecule has 0 saturated heterocycles. The lowest BCUT2D eigenvalue weighted by Gasteiger charge is -2.13. The van der Waals surface area contributed by atoms with Gasteiger partial charge in [0, 0.05) is 5.02 Å². The number of rotatable bonds is 2. The van der Waals surface area contributed by atoms with E-state index in [0.717, 1.165) is 11.1 Å². The van der Waals surface area contributed by atoms with Crippen LogP contribution >= 0.6 is 11.6 Å². The summed E-state index contributed by atoms with van der Waals surface area (Å²) in [4.78, 5) is 0. The third-order valence-electron chi connectivity index (χ3n) is 3.01. The number of halogens is 1. The van der Waals surface area contributed by atoms with E-state index in [1.54, 1.807) is 12.1 Å². The van der Waals surface area contributed by atoms with Crippen LogP contribution in [0.2, 0.25) is 5.02 Å². The summed E-state index contributed by atoms with van der Waals surface area (Å²) in [6.45, 7) is 4.11. The molecule has 1 atom stereocenters. The number of hydrogen-bond acceptors (Lipinski definition) is 1. The maximum atomic E-state index is 10.3. The third kappa shape index (κ3) is 2.68. The van der Waals surface area contributed by atoms with Crippen molar-refractivity contribution < 1.29 is 5.11 Å². The van der Waals surface area contributed by atoms with Crippen molar-refractivity contribution in [2.24, 2.45) is 0 Å². The van der Waals surface area contributed by atoms with Crippen molar-refractivity contribution >= 4 is 11.6 Å². The average molecular weight is 247 g/mol. The Morgan fingerprint density at radius 2 is 1.65 bits per heavy atom. The number of hydrogen-bond donors (Lipinski definition) is 1. The molecule has 2 aromatic rings. The molecule has 0 aromatic heterocycles. The molecule has 2 rings (SSSR count).